The summed E-state index contributed by atoms with van der Waals surface area (Å²) in [6.07, 6.45) is 1.93. The average molecular weight is 766 g/mol. The van der Waals surface area contributed by atoms with E-state index in [2.05, 4.69) is 54.0 Å². The summed E-state index contributed by atoms with van der Waals surface area (Å²) >= 11 is 0.991. The summed E-state index contributed by atoms with van der Waals surface area (Å²) in [5, 5.41) is 36.9. The van der Waals surface area contributed by atoms with Crippen LogP contribution >= 0.6 is 11.8 Å². The van der Waals surface area contributed by atoms with Crippen LogP contribution in [0.1, 0.15) is 86.0 Å². The number of hydrogen-bond donors (Lipinski definition) is 11. The van der Waals surface area contributed by atoms with Crippen LogP contribution in [0, 0.1) is 5.92 Å². The molecule has 0 aromatic rings. The number of unbranched alkanes of at least 4 members (excludes halogenated alkanes) is 1. The second kappa shape index (κ2) is 29.8. The van der Waals surface area contributed by atoms with Gasteiger partial charge in [-0.1, -0.05) is 13.8 Å². The van der Waals surface area contributed by atoms with Crippen molar-refractivity contribution in [2.24, 2.45) is 33.8 Å². The number of aliphatic hydroxyl groups is 1. The highest BCUT2D eigenvalue weighted by Gasteiger charge is 2.31. The number of rotatable bonds is 27. The standard InChI is InChI=1S/C24H45N9O9S.C8H18O/c1-13(23(41)42)30-20(38)15(5-2-3-9-25)32-22(40)17(7-8-18(35)36)33-21(39)16(6-4-10-29-24(27)28)31-19(37)14(26)11-43-12-34;1-7(2)5-6-9-8(3)4/h13-17,34H,2-12,25-26H2,1H3,(H,30,38)(H,31,37)(H,32,40)(H,33,39)(H,35,36)(H,41,42)(H4,27,28,29);7-8H,5-6H2,1-4H3. The van der Waals surface area contributed by atoms with Crippen molar-refractivity contribution >= 4 is 53.3 Å². The van der Waals surface area contributed by atoms with Gasteiger partial charge < -0.3 is 64.3 Å². The van der Waals surface area contributed by atoms with E-state index in [1.165, 1.54) is 13.3 Å². The average Bonchev–Trinajstić information content (AvgIpc) is 3.05. The number of thioether (sulfide) groups is 1. The number of carbonyl (C=O) groups excluding carboxylic acids is 4. The van der Waals surface area contributed by atoms with Gasteiger partial charge in [-0.2, -0.15) is 0 Å². The second-order valence-electron chi connectivity index (χ2n) is 12.6. The molecule has 0 rings (SSSR count). The van der Waals surface area contributed by atoms with Crippen LogP contribution in [0.3, 0.4) is 0 Å². The van der Waals surface area contributed by atoms with Crippen molar-refractivity contribution in [3.05, 3.63) is 0 Å². The Balaban J connectivity index is 0. The van der Waals surface area contributed by atoms with Gasteiger partial charge >= 0.3 is 11.9 Å². The molecule has 19 nitrogen and oxygen atoms in total. The lowest BCUT2D eigenvalue weighted by Crippen LogP contribution is -2.58. The van der Waals surface area contributed by atoms with Gasteiger partial charge in [0.2, 0.25) is 23.6 Å². The molecule has 0 heterocycles. The van der Waals surface area contributed by atoms with Crippen LogP contribution in [0.15, 0.2) is 4.99 Å². The summed E-state index contributed by atoms with van der Waals surface area (Å²) in [4.78, 5) is 78.1. The maximum absolute atomic E-state index is 13.3. The SMILES string of the molecule is CC(C)CCOC(C)C.CC(NC(=O)C(CCCCN)NC(=O)C(CCC(=O)O)NC(=O)C(CCCN=C(N)N)NC(=O)C(N)CSCO)C(=O)O. The van der Waals surface area contributed by atoms with Crippen LogP contribution in [0.2, 0.25) is 0 Å². The summed E-state index contributed by atoms with van der Waals surface area (Å²) < 4.78 is 5.35. The van der Waals surface area contributed by atoms with Gasteiger partial charge in [0.25, 0.3) is 0 Å². The van der Waals surface area contributed by atoms with Gasteiger partial charge in [0.15, 0.2) is 5.96 Å². The number of hydrogen-bond acceptors (Lipinski definition) is 12. The van der Waals surface area contributed by atoms with Crippen molar-refractivity contribution < 1.29 is 48.8 Å². The minimum atomic E-state index is -1.44. The number of amides is 4. The predicted molar refractivity (Wildman–Crippen MR) is 199 cm³/mol. The lowest BCUT2D eigenvalue weighted by Gasteiger charge is -2.26. The van der Waals surface area contributed by atoms with E-state index in [-0.39, 0.29) is 49.9 Å². The zero-order valence-corrected chi connectivity index (χ0v) is 31.9. The molecule has 52 heavy (non-hydrogen) atoms. The molecule has 0 aliphatic carbocycles. The van der Waals surface area contributed by atoms with E-state index in [0.717, 1.165) is 24.3 Å². The topological polar surface area (TPSA) is 337 Å². The van der Waals surface area contributed by atoms with Crippen molar-refractivity contribution in [3.8, 4) is 0 Å². The minimum Gasteiger partial charge on any atom is -0.481 e. The van der Waals surface area contributed by atoms with Gasteiger partial charge in [0, 0.05) is 25.3 Å². The number of ether oxygens (including phenoxy) is 1. The number of aliphatic carboxylic acids is 2. The van der Waals surface area contributed by atoms with Gasteiger partial charge in [0.1, 0.15) is 24.2 Å². The Morgan fingerprint density at radius 3 is 1.73 bits per heavy atom. The van der Waals surface area contributed by atoms with E-state index in [4.69, 9.17) is 37.9 Å². The number of guanidine groups is 1. The molecule has 0 aromatic carbocycles. The van der Waals surface area contributed by atoms with Crippen molar-refractivity contribution in [1.82, 2.24) is 21.3 Å². The van der Waals surface area contributed by atoms with Crippen LogP contribution in [0.25, 0.3) is 0 Å². The lowest BCUT2D eigenvalue weighted by molar-refractivity contribution is -0.141. The Labute approximate surface area is 310 Å². The Morgan fingerprint density at radius 2 is 1.27 bits per heavy atom. The van der Waals surface area contributed by atoms with E-state index in [0.29, 0.717) is 25.5 Å². The van der Waals surface area contributed by atoms with Crippen molar-refractivity contribution in [1.29, 1.82) is 0 Å². The summed E-state index contributed by atoms with van der Waals surface area (Å²) in [6.45, 7) is 11.1. The number of carboxylic acids is 2. The Morgan fingerprint density at radius 1 is 0.750 bits per heavy atom. The van der Waals surface area contributed by atoms with Crippen molar-refractivity contribution in [2.75, 3.05) is 31.4 Å². The van der Waals surface area contributed by atoms with Gasteiger partial charge in [0.05, 0.1) is 18.1 Å². The summed E-state index contributed by atoms with van der Waals surface area (Å²) in [6, 6.07) is -6.21. The summed E-state index contributed by atoms with van der Waals surface area (Å²) in [7, 11) is 0. The highest BCUT2D eigenvalue weighted by atomic mass is 32.2. The highest BCUT2D eigenvalue weighted by Crippen LogP contribution is 2.08. The van der Waals surface area contributed by atoms with Gasteiger partial charge in [-0.25, -0.2) is 0 Å². The van der Waals surface area contributed by atoms with Gasteiger partial charge in [-0.05, 0) is 78.2 Å². The van der Waals surface area contributed by atoms with Gasteiger partial charge in [-0.3, -0.25) is 33.8 Å². The van der Waals surface area contributed by atoms with E-state index < -0.39 is 72.2 Å². The van der Waals surface area contributed by atoms with Crippen molar-refractivity contribution in [3.63, 3.8) is 0 Å². The summed E-state index contributed by atoms with van der Waals surface area (Å²) in [5.41, 5.74) is 22.0. The molecular weight excluding hydrogens is 702 g/mol. The monoisotopic (exact) mass is 765 g/mol. The van der Waals surface area contributed by atoms with Crippen LogP contribution in [0.4, 0.5) is 0 Å². The lowest BCUT2D eigenvalue weighted by atomic mass is 10.0. The molecule has 0 aromatic heterocycles. The van der Waals surface area contributed by atoms with E-state index in [9.17, 15) is 33.9 Å². The number of nitrogens with one attached hydrogen (secondary N) is 4. The number of nitrogens with zero attached hydrogens (tertiary/aromatic N) is 1. The number of carbonyl (C=O) groups is 6. The molecular formula is C32H63N9O10S. The van der Waals surface area contributed by atoms with Gasteiger partial charge in [-0.15, -0.1) is 11.8 Å². The molecule has 5 unspecified atom stereocenters. The quantitative estimate of drug-likeness (QED) is 0.0197. The molecule has 15 N–H and O–H groups in total. The first kappa shape index (κ1) is 50.4. The zero-order chi connectivity index (χ0) is 40.2. The third-order valence-corrected chi connectivity index (χ3v) is 7.82. The van der Waals surface area contributed by atoms with Crippen LogP contribution in [-0.4, -0.2) is 125 Å². The fourth-order valence-corrected chi connectivity index (χ4v) is 4.58. The van der Waals surface area contributed by atoms with E-state index in [1.54, 1.807) is 0 Å². The molecule has 0 aliphatic heterocycles. The normalized spacial score (nSPS) is 13.7. The number of aliphatic hydroxyl groups excluding tert-OH is 1. The fourth-order valence-electron chi connectivity index (χ4n) is 4.06. The molecule has 0 saturated heterocycles. The molecule has 0 spiro atoms. The maximum Gasteiger partial charge on any atom is 0.325 e. The summed E-state index contributed by atoms with van der Waals surface area (Å²) in [5.74, 6) is -5.41. The molecule has 0 aliphatic rings. The molecule has 302 valence electrons. The highest BCUT2D eigenvalue weighted by molar-refractivity contribution is 7.99. The largest absolute Gasteiger partial charge is 0.481 e. The first-order chi connectivity index (χ1) is 24.4. The Bertz CT molecular complexity index is 1100. The second-order valence-corrected chi connectivity index (χ2v) is 13.6. The first-order valence-corrected chi connectivity index (χ1v) is 18.5. The number of aliphatic imine (C=N–C) groups is 1. The van der Waals surface area contributed by atoms with E-state index in [1.807, 2.05) is 0 Å². The Kier molecular flexibility index (Phi) is 28.9. The third-order valence-electron chi connectivity index (χ3n) is 7.04. The first-order valence-electron chi connectivity index (χ1n) is 17.3. The predicted octanol–water partition coefficient (Wildman–Crippen LogP) is -1.45. The van der Waals surface area contributed by atoms with Crippen LogP contribution < -0.4 is 44.2 Å². The third kappa shape index (κ3) is 27.0. The number of nitrogens with two attached hydrogens (primary N) is 4. The smallest absolute Gasteiger partial charge is 0.325 e. The van der Waals surface area contributed by atoms with E-state index >= 15 is 0 Å². The Hall–Kier alpha value is -3.72. The molecule has 20 heteroatoms. The molecule has 0 fully saturated rings. The molecule has 0 radical (unpaired) electrons. The van der Waals surface area contributed by atoms with Crippen LogP contribution in [-0.2, 0) is 33.5 Å². The molecule has 0 saturated carbocycles. The maximum atomic E-state index is 13.3. The van der Waals surface area contributed by atoms with Crippen molar-refractivity contribution in [2.45, 2.75) is 122 Å². The molecule has 5 atom stereocenters. The number of carboxylic acid groups (broad SMARTS) is 2. The van der Waals surface area contributed by atoms with Crippen LogP contribution in [0.5, 0.6) is 0 Å². The fraction of sp³-hybridized carbons (Fsp3) is 0.781. The molecule has 0 bridgehead atoms. The zero-order valence-electron chi connectivity index (χ0n) is 31.1. The molecule has 4 amide bonds. The minimum absolute atomic E-state index is 0.0126.